The monoisotopic (exact) mass is 607 g/mol. The average Bonchev–Trinajstić information content (AvgIpc) is 3.78. The lowest BCUT2D eigenvalue weighted by molar-refractivity contribution is -0.138. The molecule has 5 rings (SSSR count). The van der Waals surface area contributed by atoms with Crippen LogP contribution in [0.25, 0.3) is 23.1 Å². The van der Waals surface area contributed by atoms with Crippen LogP contribution in [-0.4, -0.2) is 32.0 Å². The molecule has 0 radical (unpaired) electrons. The topological polar surface area (TPSA) is 90.7 Å². The Balaban J connectivity index is 1.46. The Morgan fingerprint density at radius 1 is 1.10 bits per heavy atom. The zero-order chi connectivity index (χ0) is 34.9. The van der Waals surface area contributed by atoms with E-state index >= 15 is 0 Å². The lowest BCUT2D eigenvalue weighted by atomic mass is 9.88. The van der Waals surface area contributed by atoms with E-state index in [4.69, 9.17) is 19.8 Å². The number of carbonyl (C=O) groups is 1. The van der Waals surface area contributed by atoms with Crippen molar-refractivity contribution >= 4 is 52.4 Å². The molecule has 3 aromatic carbocycles. The Labute approximate surface area is 264 Å². The van der Waals surface area contributed by atoms with Crippen LogP contribution in [0.2, 0.25) is 5.02 Å². The molecule has 0 bridgehead atoms. The number of carboxylic acids is 1. The highest BCUT2D eigenvalue weighted by Crippen LogP contribution is 2.54. The number of rotatable bonds is 12. The number of halogens is 1. The molecular formula is C35H36ClNO4S. The Morgan fingerprint density at radius 3 is 2.64 bits per heavy atom. The minimum atomic E-state index is -3.32. The highest BCUT2D eigenvalue weighted by Gasteiger charge is 2.44. The largest absolute Gasteiger partial charge is 0.481 e. The molecule has 1 aliphatic carbocycles. The summed E-state index contributed by atoms with van der Waals surface area (Å²) in [4.78, 5) is 16.2. The van der Waals surface area contributed by atoms with Crippen molar-refractivity contribution in [2.45, 2.75) is 56.3 Å². The summed E-state index contributed by atoms with van der Waals surface area (Å²) in [5.74, 6) is -0.347. The molecule has 42 heavy (non-hydrogen) atoms. The summed E-state index contributed by atoms with van der Waals surface area (Å²) in [7, 11) is 0. The number of carboxylic acid groups (broad SMARTS) is 1. The summed E-state index contributed by atoms with van der Waals surface area (Å²) in [5, 5.41) is 33.6. The van der Waals surface area contributed by atoms with Crippen LogP contribution in [0.3, 0.4) is 0 Å². The minimum absolute atomic E-state index is 0.00283. The Kier molecular flexibility index (Phi) is 6.99. The zero-order valence-corrected chi connectivity index (χ0v) is 24.4. The second kappa shape index (κ2) is 12.6. The quantitative estimate of drug-likeness (QED) is 0.150. The second-order valence-electron chi connectivity index (χ2n) is 11.0. The normalized spacial score (nSPS) is 18.7. The van der Waals surface area contributed by atoms with Gasteiger partial charge in [-0.2, -0.15) is 11.8 Å². The smallest absolute Gasteiger partial charge is 0.303 e. The number of aliphatic hydroxyl groups excluding tert-OH is 1. The Bertz CT molecular complexity index is 1810. The van der Waals surface area contributed by atoms with E-state index < -0.39 is 31.4 Å². The summed E-state index contributed by atoms with van der Waals surface area (Å²) in [6, 6.07) is 22.7. The second-order valence-corrected chi connectivity index (χ2v) is 12.6. The van der Waals surface area contributed by atoms with Gasteiger partial charge in [0.15, 0.2) is 0 Å². The molecule has 1 heterocycles. The molecule has 0 unspecified atom stereocenters. The summed E-state index contributed by atoms with van der Waals surface area (Å²) in [6.45, 7) is -6.63. The van der Waals surface area contributed by atoms with E-state index in [0.29, 0.717) is 10.8 Å². The SMILES string of the molecule is [2H]C([2H])([2H])C(O)(c1ccccc1[C@@H](O)C[C@@H](SCC1(CC(=O)O)CC1)c1cccc(/C=C/c2ccc3ccc(Cl)cc3n2)c1)C([2H])([2H])[2H]. The molecule has 0 amide bonds. The standard InChI is InChI=1S/C35H36ClNO4S/c1-34(2,41)29-9-4-3-8-28(29)31(38)20-32(42-22-35(16-17-35)21-33(39)40)25-7-5-6-23(18-25)10-14-27-15-12-24-11-13-26(36)19-30(24)37-27/h3-15,18-19,31-32,38,41H,16-17,20-22H2,1-2H3,(H,39,40)/b14-10+/t31-,32+/m0/s1/i1D3,2D3. The number of benzene rings is 3. The molecule has 0 aliphatic heterocycles. The molecule has 0 saturated heterocycles. The van der Waals surface area contributed by atoms with Crippen molar-refractivity contribution in [1.82, 2.24) is 4.98 Å². The van der Waals surface area contributed by atoms with Crippen LogP contribution in [0, 0.1) is 5.41 Å². The Hall–Kier alpha value is -3.16. The third-order valence-corrected chi connectivity index (χ3v) is 9.51. The van der Waals surface area contributed by atoms with Gasteiger partial charge >= 0.3 is 5.97 Å². The third-order valence-electron chi connectivity index (χ3n) is 7.63. The first-order valence-electron chi connectivity index (χ1n) is 16.7. The van der Waals surface area contributed by atoms with Crippen molar-refractivity contribution in [2.75, 3.05) is 5.75 Å². The Morgan fingerprint density at radius 2 is 1.88 bits per heavy atom. The molecule has 2 atom stereocenters. The van der Waals surface area contributed by atoms with Crippen LogP contribution in [0.5, 0.6) is 0 Å². The van der Waals surface area contributed by atoms with Crippen LogP contribution in [-0.2, 0) is 10.4 Å². The van der Waals surface area contributed by atoms with Crippen LogP contribution in [0.4, 0.5) is 0 Å². The van der Waals surface area contributed by atoms with Gasteiger partial charge < -0.3 is 15.3 Å². The van der Waals surface area contributed by atoms with E-state index in [-0.39, 0.29) is 34.6 Å². The van der Waals surface area contributed by atoms with E-state index in [9.17, 15) is 20.1 Å². The maximum Gasteiger partial charge on any atom is 0.303 e. The summed E-state index contributed by atoms with van der Waals surface area (Å²) >= 11 is 7.65. The van der Waals surface area contributed by atoms with E-state index in [1.807, 2.05) is 60.7 Å². The maximum atomic E-state index is 11.6. The fourth-order valence-corrected chi connectivity index (χ4v) is 6.91. The van der Waals surface area contributed by atoms with E-state index in [1.165, 1.54) is 30.0 Å². The first-order chi connectivity index (χ1) is 22.5. The first kappa shape index (κ1) is 23.3. The van der Waals surface area contributed by atoms with Gasteiger partial charge in [0.1, 0.15) is 0 Å². The van der Waals surface area contributed by atoms with Gasteiger partial charge in [-0.15, -0.1) is 0 Å². The molecule has 218 valence electrons. The number of hydrogen-bond donors (Lipinski definition) is 3. The molecule has 5 nitrogen and oxygen atoms in total. The molecule has 1 saturated carbocycles. The predicted molar refractivity (Wildman–Crippen MR) is 173 cm³/mol. The lowest BCUT2D eigenvalue weighted by Crippen LogP contribution is -2.20. The molecular weight excluding hydrogens is 566 g/mol. The fraction of sp³-hybridized carbons (Fsp3) is 0.314. The number of aliphatic hydroxyl groups is 2. The van der Waals surface area contributed by atoms with Gasteiger partial charge in [0, 0.05) is 29.6 Å². The van der Waals surface area contributed by atoms with Crippen molar-refractivity contribution in [2.24, 2.45) is 5.41 Å². The third kappa shape index (κ3) is 7.61. The average molecular weight is 608 g/mol. The number of nitrogens with zero attached hydrogens (tertiary/aromatic N) is 1. The number of aromatic nitrogens is 1. The maximum absolute atomic E-state index is 11.6. The van der Waals surface area contributed by atoms with Gasteiger partial charge in [0.2, 0.25) is 0 Å². The van der Waals surface area contributed by atoms with Gasteiger partial charge in [0.05, 0.1) is 29.3 Å². The van der Waals surface area contributed by atoms with Gasteiger partial charge in [-0.25, -0.2) is 4.98 Å². The van der Waals surface area contributed by atoms with Crippen molar-refractivity contribution in [3.05, 3.63) is 112 Å². The zero-order valence-electron chi connectivity index (χ0n) is 28.8. The van der Waals surface area contributed by atoms with E-state index in [1.54, 1.807) is 12.1 Å². The van der Waals surface area contributed by atoms with E-state index in [2.05, 4.69) is 4.98 Å². The van der Waals surface area contributed by atoms with Gasteiger partial charge in [-0.3, -0.25) is 4.79 Å². The first-order valence-corrected chi connectivity index (χ1v) is 15.1. The number of fused-ring (bicyclic) bond motifs is 1. The van der Waals surface area contributed by atoms with Crippen molar-refractivity contribution in [1.29, 1.82) is 0 Å². The van der Waals surface area contributed by atoms with Crippen molar-refractivity contribution in [3.8, 4) is 0 Å². The van der Waals surface area contributed by atoms with Crippen molar-refractivity contribution < 1.29 is 28.3 Å². The number of pyridine rings is 1. The lowest BCUT2D eigenvalue weighted by Gasteiger charge is -2.27. The van der Waals surface area contributed by atoms with E-state index in [0.717, 1.165) is 40.6 Å². The molecule has 1 fully saturated rings. The molecule has 4 aromatic rings. The summed E-state index contributed by atoms with van der Waals surface area (Å²) in [6.07, 6.45) is 4.08. The van der Waals surface area contributed by atoms with Gasteiger partial charge in [-0.05, 0) is 84.9 Å². The van der Waals surface area contributed by atoms with Crippen LogP contribution < -0.4 is 0 Å². The molecule has 1 aliphatic rings. The number of hydrogen-bond acceptors (Lipinski definition) is 5. The van der Waals surface area contributed by atoms with Crippen molar-refractivity contribution in [3.63, 3.8) is 0 Å². The summed E-state index contributed by atoms with van der Waals surface area (Å²) < 4.78 is 47.6. The van der Waals surface area contributed by atoms with Gasteiger partial charge in [0.25, 0.3) is 0 Å². The van der Waals surface area contributed by atoms with Gasteiger partial charge in [-0.1, -0.05) is 78.3 Å². The predicted octanol–water partition coefficient (Wildman–Crippen LogP) is 8.44. The highest BCUT2D eigenvalue weighted by atomic mass is 35.5. The molecule has 7 heteroatoms. The minimum Gasteiger partial charge on any atom is -0.481 e. The number of thioether (sulfide) groups is 1. The summed E-state index contributed by atoms with van der Waals surface area (Å²) in [5.41, 5.74) is -0.752. The molecule has 0 spiro atoms. The van der Waals surface area contributed by atoms with Crippen LogP contribution in [0.15, 0.2) is 78.9 Å². The fourth-order valence-electron chi connectivity index (χ4n) is 5.14. The molecule has 3 N–H and O–H groups in total. The van der Waals surface area contributed by atoms with Crippen LogP contribution in [0.1, 0.15) is 86.9 Å². The number of aliphatic carboxylic acids is 1. The highest BCUT2D eigenvalue weighted by molar-refractivity contribution is 7.99. The molecule has 1 aromatic heterocycles. The van der Waals surface area contributed by atoms with Crippen LogP contribution >= 0.6 is 23.4 Å².